The second-order valence-electron chi connectivity index (χ2n) is 4.51. The van der Waals surface area contributed by atoms with Gasteiger partial charge >= 0.3 is 0 Å². The van der Waals surface area contributed by atoms with Crippen molar-refractivity contribution < 1.29 is 15.0 Å². The Bertz CT molecular complexity index is 443. The molecule has 4 nitrogen and oxygen atoms in total. The summed E-state index contributed by atoms with van der Waals surface area (Å²) in [5, 5.41) is 21.4. The molecule has 0 unspecified atom stereocenters. The molecule has 3 N–H and O–H groups in total. The molecule has 0 saturated heterocycles. The van der Waals surface area contributed by atoms with Crippen molar-refractivity contribution in [3.63, 3.8) is 0 Å². The second-order valence-corrected chi connectivity index (χ2v) is 5.36. The summed E-state index contributed by atoms with van der Waals surface area (Å²) in [6.07, 6.45) is 1.91. The molecule has 0 spiro atoms. The summed E-state index contributed by atoms with van der Waals surface area (Å²) < 4.78 is 0.558. The van der Waals surface area contributed by atoms with Crippen molar-refractivity contribution in [3.05, 3.63) is 28.2 Å². The zero-order valence-corrected chi connectivity index (χ0v) is 10.8. The minimum Gasteiger partial charge on any atom is -0.507 e. The lowest BCUT2D eigenvalue weighted by Crippen LogP contribution is -2.31. The normalized spacial score (nSPS) is 16.6. The van der Waals surface area contributed by atoms with Gasteiger partial charge in [0.1, 0.15) is 5.75 Å². The molecule has 5 heteroatoms. The van der Waals surface area contributed by atoms with Crippen molar-refractivity contribution in [2.45, 2.75) is 12.8 Å². The number of halogens is 1. The number of carbonyl (C=O) groups is 1. The lowest BCUT2D eigenvalue weighted by Gasteiger charge is -2.12. The topological polar surface area (TPSA) is 69.6 Å². The molecule has 1 aromatic carbocycles. The van der Waals surface area contributed by atoms with E-state index in [4.69, 9.17) is 5.11 Å². The molecule has 0 heterocycles. The Morgan fingerprint density at radius 3 is 2.71 bits per heavy atom. The highest BCUT2D eigenvalue weighted by Crippen LogP contribution is 2.44. The number of aliphatic hydroxyl groups excluding tert-OH is 1. The van der Waals surface area contributed by atoms with Crippen molar-refractivity contribution in [1.29, 1.82) is 0 Å². The predicted molar refractivity (Wildman–Crippen MR) is 66.9 cm³/mol. The van der Waals surface area contributed by atoms with Crippen LogP contribution < -0.4 is 5.32 Å². The highest BCUT2D eigenvalue weighted by Gasteiger charge is 2.42. The first-order chi connectivity index (χ1) is 8.06. The average molecular weight is 300 g/mol. The maximum atomic E-state index is 11.8. The highest BCUT2D eigenvalue weighted by atomic mass is 79.9. The maximum Gasteiger partial charge on any atom is 0.251 e. The van der Waals surface area contributed by atoms with E-state index < -0.39 is 0 Å². The van der Waals surface area contributed by atoms with Gasteiger partial charge in [0, 0.05) is 17.5 Å². The van der Waals surface area contributed by atoms with Crippen molar-refractivity contribution >= 4 is 21.8 Å². The number of aromatic hydroxyl groups is 1. The highest BCUT2D eigenvalue weighted by molar-refractivity contribution is 9.10. The first-order valence-corrected chi connectivity index (χ1v) is 6.23. The Kier molecular flexibility index (Phi) is 3.40. The third-order valence-electron chi connectivity index (χ3n) is 3.12. The molecule has 1 aliphatic carbocycles. The number of phenols is 1. The number of carbonyl (C=O) groups excluding carboxylic acids is 1. The first-order valence-electron chi connectivity index (χ1n) is 5.44. The average Bonchev–Trinajstić information content (AvgIpc) is 3.10. The van der Waals surface area contributed by atoms with Crippen molar-refractivity contribution in [2.24, 2.45) is 5.41 Å². The van der Waals surface area contributed by atoms with Gasteiger partial charge in [-0.25, -0.2) is 0 Å². The SMILES string of the molecule is O=C(NCC1(CO)CC1)c1ccc(Br)c(O)c1. The molecular formula is C12H14BrNO3. The number of amides is 1. The monoisotopic (exact) mass is 299 g/mol. The van der Waals surface area contributed by atoms with E-state index in [1.165, 1.54) is 6.07 Å². The second kappa shape index (κ2) is 4.66. The summed E-state index contributed by atoms with van der Waals surface area (Å²) in [5.74, 6) is -0.187. The van der Waals surface area contributed by atoms with E-state index in [1.54, 1.807) is 12.1 Å². The van der Waals surface area contributed by atoms with E-state index in [1.807, 2.05) is 0 Å². The maximum absolute atomic E-state index is 11.8. The molecule has 1 fully saturated rings. The zero-order chi connectivity index (χ0) is 12.5. The Hall–Kier alpha value is -1.07. The van der Waals surface area contributed by atoms with Gasteiger partial charge < -0.3 is 15.5 Å². The smallest absolute Gasteiger partial charge is 0.251 e. The van der Waals surface area contributed by atoms with Gasteiger partial charge in [-0.05, 0) is 47.0 Å². The van der Waals surface area contributed by atoms with Crippen LogP contribution in [0.3, 0.4) is 0 Å². The number of aliphatic hydroxyl groups is 1. The van der Waals surface area contributed by atoms with E-state index in [0.717, 1.165) is 12.8 Å². The minimum atomic E-state index is -0.229. The molecule has 0 radical (unpaired) electrons. The number of phenolic OH excluding ortho intramolecular Hbond substituents is 1. The number of hydrogen-bond acceptors (Lipinski definition) is 3. The third-order valence-corrected chi connectivity index (χ3v) is 3.80. The van der Waals surface area contributed by atoms with E-state index in [2.05, 4.69) is 21.2 Å². The molecule has 0 bridgehead atoms. The van der Waals surface area contributed by atoms with Gasteiger partial charge in [0.05, 0.1) is 11.1 Å². The minimum absolute atomic E-state index is 0.0425. The number of benzene rings is 1. The fourth-order valence-electron chi connectivity index (χ4n) is 1.59. The van der Waals surface area contributed by atoms with Crippen LogP contribution in [-0.4, -0.2) is 29.3 Å². The van der Waals surface area contributed by atoms with Crippen LogP contribution in [0.1, 0.15) is 23.2 Å². The first kappa shape index (κ1) is 12.4. The predicted octanol–water partition coefficient (Wildman–Crippen LogP) is 1.66. The van der Waals surface area contributed by atoms with Crippen molar-refractivity contribution in [2.75, 3.05) is 13.2 Å². The van der Waals surface area contributed by atoms with E-state index in [-0.39, 0.29) is 23.7 Å². The molecule has 1 aromatic rings. The van der Waals surface area contributed by atoms with Gasteiger partial charge in [0.2, 0.25) is 0 Å². The molecule has 1 saturated carbocycles. The van der Waals surface area contributed by atoms with Gasteiger partial charge in [-0.15, -0.1) is 0 Å². The van der Waals surface area contributed by atoms with E-state index in [0.29, 0.717) is 16.6 Å². The molecule has 2 rings (SSSR count). The summed E-state index contributed by atoms with van der Waals surface area (Å²) >= 11 is 3.16. The van der Waals surface area contributed by atoms with Crippen LogP contribution in [0.4, 0.5) is 0 Å². The van der Waals surface area contributed by atoms with Crippen LogP contribution in [0.25, 0.3) is 0 Å². The summed E-state index contributed by atoms with van der Waals surface area (Å²) in [7, 11) is 0. The fourth-order valence-corrected chi connectivity index (χ4v) is 1.84. The molecule has 0 aromatic heterocycles. The summed E-state index contributed by atoms with van der Waals surface area (Å²) in [6.45, 7) is 0.595. The zero-order valence-electron chi connectivity index (χ0n) is 9.24. The Morgan fingerprint density at radius 2 is 2.18 bits per heavy atom. The van der Waals surface area contributed by atoms with Crippen LogP contribution >= 0.6 is 15.9 Å². The molecule has 1 amide bonds. The van der Waals surface area contributed by atoms with Crippen LogP contribution in [0.15, 0.2) is 22.7 Å². The number of hydrogen-bond donors (Lipinski definition) is 3. The molecule has 1 aliphatic rings. The lowest BCUT2D eigenvalue weighted by molar-refractivity contribution is 0.0935. The lowest BCUT2D eigenvalue weighted by atomic mass is 10.1. The molecule has 17 heavy (non-hydrogen) atoms. The molecular weight excluding hydrogens is 286 g/mol. The third kappa shape index (κ3) is 2.79. The van der Waals surface area contributed by atoms with Crippen molar-refractivity contribution in [3.8, 4) is 5.75 Å². The summed E-state index contributed by atoms with van der Waals surface area (Å²) in [4.78, 5) is 11.8. The van der Waals surface area contributed by atoms with E-state index >= 15 is 0 Å². The van der Waals surface area contributed by atoms with Crippen molar-refractivity contribution in [1.82, 2.24) is 5.32 Å². The fraction of sp³-hybridized carbons (Fsp3) is 0.417. The van der Waals surface area contributed by atoms with Crippen LogP contribution in [0.5, 0.6) is 5.75 Å². The largest absolute Gasteiger partial charge is 0.507 e. The van der Waals surface area contributed by atoms with Gasteiger partial charge in [-0.3, -0.25) is 4.79 Å². The standard InChI is InChI=1S/C12H14BrNO3/c13-9-2-1-8(5-10(9)16)11(17)14-6-12(7-15)3-4-12/h1-2,5,15-16H,3-4,6-7H2,(H,14,17). The molecule has 0 atom stereocenters. The van der Waals surface area contributed by atoms with Gasteiger partial charge in [0.25, 0.3) is 5.91 Å². The number of rotatable bonds is 4. The summed E-state index contributed by atoms with van der Waals surface area (Å²) in [5.41, 5.74) is 0.312. The Morgan fingerprint density at radius 1 is 1.47 bits per heavy atom. The number of nitrogens with one attached hydrogen (secondary N) is 1. The van der Waals surface area contributed by atoms with Crippen LogP contribution in [0, 0.1) is 5.41 Å². The van der Waals surface area contributed by atoms with Crippen LogP contribution in [0.2, 0.25) is 0 Å². The Labute approximate surface area is 108 Å². The van der Waals surface area contributed by atoms with E-state index in [9.17, 15) is 9.90 Å². The summed E-state index contributed by atoms with van der Waals surface area (Å²) in [6, 6.07) is 4.68. The van der Waals surface area contributed by atoms with Crippen LogP contribution in [-0.2, 0) is 0 Å². The quantitative estimate of drug-likeness (QED) is 0.792. The Balaban J connectivity index is 1.97. The van der Waals surface area contributed by atoms with Gasteiger partial charge in [0.15, 0.2) is 0 Å². The molecule has 92 valence electrons. The van der Waals surface area contributed by atoms with Gasteiger partial charge in [-0.2, -0.15) is 0 Å². The molecule has 0 aliphatic heterocycles. The van der Waals surface area contributed by atoms with Gasteiger partial charge in [-0.1, -0.05) is 0 Å².